The lowest BCUT2D eigenvalue weighted by Crippen LogP contribution is -2.49. The fourth-order valence-corrected chi connectivity index (χ4v) is 2.81. The molecule has 5 heteroatoms. The predicted molar refractivity (Wildman–Crippen MR) is 83.8 cm³/mol. The van der Waals surface area contributed by atoms with Gasteiger partial charge in [-0.2, -0.15) is 0 Å². The van der Waals surface area contributed by atoms with Gasteiger partial charge in [0.2, 0.25) is 5.91 Å². The highest BCUT2D eigenvalue weighted by atomic mass is 16.1. The van der Waals surface area contributed by atoms with Crippen LogP contribution in [0.1, 0.15) is 40.0 Å². The molecule has 0 aromatic heterocycles. The van der Waals surface area contributed by atoms with Crippen LogP contribution >= 0.6 is 0 Å². The van der Waals surface area contributed by atoms with Gasteiger partial charge in [0.05, 0.1) is 0 Å². The highest BCUT2D eigenvalue weighted by molar-refractivity contribution is 5.81. The van der Waals surface area contributed by atoms with E-state index < -0.39 is 0 Å². The van der Waals surface area contributed by atoms with Gasteiger partial charge < -0.3 is 15.5 Å². The Balaban J connectivity index is 2.34. The number of piperidine rings is 1. The van der Waals surface area contributed by atoms with Crippen LogP contribution in [0.4, 0.5) is 0 Å². The van der Waals surface area contributed by atoms with Crippen LogP contribution < -0.4 is 10.6 Å². The zero-order chi connectivity index (χ0) is 15.0. The van der Waals surface area contributed by atoms with Crippen molar-refractivity contribution >= 4 is 11.9 Å². The summed E-state index contributed by atoms with van der Waals surface area (Å²) in [4.78, 5) is 18.2. The van der Waals surface area contributed by atoms with Gasteiger partial charge in [-0.1, -0.05) is 20.8 Å². The van der Waals surface area contributed by atoms with Gasteiger partial charge >= 0.3 is 0 Å². The molecule has 1 heterocycles. The molecular formula is C15H30N4O. The highest BCUT2D eigenvalue weighted by Crippen LogP contribution is 2.20. The van der Waals surface area contributed by atoms with Crippen LogP contribution in [-0.4, -0.2) is 50.0 Å². The summed E-state index contributed by atoms with van der Waals surface area (Å²) in [5.41, 5.74) is 0. The van der Waals surface area contributed by atoms with Crippen LogP contribution in [0.3, 0.4) is 0 Å². The van der Waals surface area contributed by atoms with E-state index in [9.17, 15) is 4.79 Å². The topological polar surface area (TPSA) is 56.7 Å². The van der Waals surface area contributed by atoms with Crippen molar-refractivity contribution in [2.45, 2.75) is 40.0 Å². The first kappa shape index (κ1) is 16.8. The molecule has 20 heavy (non-hydrogen) atoms. The van der Waals surface area contributed by atoms with Gasteiger partial charge in [0, 0.05) is 39.6 Å². The Morgan fingerprint density at radius 1 is 1.20 bits per heavy atom. The SMILES string of the molecule is CCCNC(=O)CCNC(=NC)N1CC(C)CC(C)C1. The summed E-state index contributed by atoms with van der Waals surface area (Å²) in [5, 5.41) is 6.19. The Hall–Kier alpha value is -1.26. The molecule has 116 valence electrons. The molecule has 1 amide bonds. The first-order chi connectivity index (χ1) is 9.56. The van der Waals surface area contributed by atoms with E-state index in [4.69, 9.17) is 0 Å². The molecule has 0 saturated carbocycles. The van der Waals surface area contributed by atoms with Gasteiger partial charge in [-0.05, 0) is 24.7 Å². The Morgan fingerprint density at radius 3 is 2.40 bits per heavy atom. The van der Waals surface area contributed by atoms with Gasteiger partial charge in [-0.25, -0.2) is 0 Å². The molecule has 5 nitrogen and oxygen atoms in total. The quantitative estimate of drug-likeness (QED) is 0.593. The van der Waals surface area contributed by atoms with Gasteiger partial charge in [0.25, 0.3) is 0 Å². The van der Waals surface area contributed by atoms with Crippen LogP contribution in [0.25, 0.3) is 0 Å². The van der Waals surface area contributed by atoms with Crippen LogP contribution in [0.5, 0.6) is 0 Å². The van der Waals surface area contributed by atoms with E-state index in [0.717, 1.165) is 32.0 Å². The van der Waals surface area contributed by atoms with E-state index in [0.29, 0.717) is 24.8 Å². The first-order valence-electron chi connectivity index (χ1n) is 7.79. The molecule has 0 aromatic carbocycles. The minimum atomic E-state index is 0.107. The number of nitrogens with one attached hydrogen (secondary N) is 2. The predicted octanol–water partition coefficient (Wildman–Crippen LogP) is 1.46. The molecule has 0 bridgehead atoms. The second kappa shape index (κ2) is 8.82. The summed E-state index contributed by atoms with van der Waals surface area (Å²) in [7, 11) is 1.81. The fraction of sp³-hybridized carbons (Fsp3) is 0.867. The molecule has 2 N–H and O–H groups in total. The maximum absolute atomic E-state index is 11.5. The molecule has 0 spiro atoms. The van der Waals surface area contributed by atoms with Crippen LogP contribution in [-0.2, 0) is 4.79 Å². The summed E-state index contributed by atoms with van der Waals surface area (Å²) < 4.78 is 0. The average molecular weight is 282 g/mol. The number of aliphatic imine (C=N–C) groups is 1. The van der Waals surface area contributed by atoms with Crippen LogP contribution in [0, 0.1) is 11.8 Å². The maximum atomic E-state index is 11.5. The van der Waals surface area contributed by atoms with Crippen molar-refractivity contribution < 1.29 is 4.79 Å². The van der Waals surface area contributed by atoms with Crippen molar-refractivity contribution in [2.24, 2.45) is 16.8 Å². The Morgan fingerprint density at radius 2 is 1.85 bits per heavy atom. The third-order valence-electron chi connectivity index (χ3n) is 3.59. The molecular weight excluding hydrogens is 252 g/mol. The molecule has 2 atom stereocenters. The molecule has 0 radical (unpaired) electrons. The number of hydrogen-bond acceptors (Lipinski definition) is 2. The Kier molecular flexibility index (Phi) is 7.41. The lowest BCUT2D eigenvalue weighted by molar-refractivity contribution is -0.120. The smallest absolute Gasteiger partial charge is 0.221 e. The third kappa shape index (κ3) is 5.80. The van der Waals surface area contributed by atoms with Gasteiger partial charge in [0.1, 0.15) is 0 Å². The van der Waals surface area contributed by atoms with E-state index in [-0.39, 0.29) is 5.91 Å². The average Bonchev–Trinajstić information content (AvgIpc) is 2.40. The lowest BCUT2D eigenvalue weighted by atomic mass is 9.92. The second-order valence-corrected chi connectivity index (χ2v) is 5.92. The number of carbonyl (C=O) groups is 1. The number of guanidine groups is 1. The standard InChI is InChI=1S/C15H30N4O/c1-5-7-17-14(20)6-8-18-15(16-4)19-10-12(2)9-13(3)11-19/h12-13H,5-11H2,1-4H3,(H,16,18)(H,17,20). The summed E-state index contributed by atoms with van der Waals surface area (Å²) in [6.45, 7) is 10.1. The first-order valence-corrected chi connectivity index (χ1v) is 7.79. The lowest BCUT2D eigenvalue weighted by Gasteiger charge is -2.37. The third-order valence-corrected chi connectivity index (χ3v) is 3.59. The molecule has 1 fully saturated rings. The fourth-order valence-electron chi connectivity index (χ4n) is 2.81. The van der Waals surface area contributed by atoms with Crippen LogP contribution in [0.2, 0.25) is 0 Å². The normalized spacial score (nSPS) is 23.6. The van der Waals surface area contributed by atoms with Gasteiger partial charge in [0.15, 0.2) is 5.96 Å². The van der Waals surface area contributed by atoms with Crippen molar-refractivity contribution in [3.05, 3.63) is 0 Å². The minimum Gasteiger partial charge on any atom is -0.356 e. The summed E-state index contributed by atoms with van der Waals surface area (Å²) in [6.07, 6.45) is 2.76. The minimum absolute atomic E-state index is 0.107. The van der Waals surface area contributed by atoms with Crippen molar-refractivity contribution in [2.75, 3.05) is 33.2 Å². The number of amides is 1. The summed E-state index contributed by atoms with van der Waals surface area (Å²) in [6, 6.07) is 0. The van der Waals surface area contributed by atoms with E-state index >= 15 is 0 Å². The van der Waals surface area contributed by atoms with E-state index in [2.05, 4.69) is 41.3 Å². The largest absolute Gasteiger partial charge is 0.356 e. The van der Waals surface area contributed by atoms with E-state index in [1.165, 1.54) is 6.42 Å². The molecule has 0 aromatic rings. The zero-order valence-corrected chi connectivity index (χ0v) is 13.4. The Bertz CT molecular complexity index is 320. The second-order valence-electron chi connectivity index (χ2n) is 5.92. The zero-order valence-electron chi connectivity index (χ0n) is 13.4. The monoisotopic (exact) mass is 282 g/mol. The molecule has 1 aliphatic heterocycles. The van der Waals surface area contributed by atoms with E-state index in [1.54, 1.807) is 0 Å². The Labute approximate surface area is 123 Å². The number of hydrogen-bond donors (Lipinski definition) is 2. The molecule has 1 saturated heterocycles. The van der Waals surface area contributed by atoms with Crippen molar-refractivity contribution in [1.82, 2.24) is 15.5 Å². The number of likely N-dealkylation sites (tertiary alicyclic amines) is 1. The molecule has 2 unspecified atom stereocenters. The van der Waals surface area contributed by atoms with E-state index in [1.807, 2.05) is 7.05 Å². The maximum Gasteiger partial charge on any atom is 0.221 e. The van der Waals surface area contributed by atoms with Crippen LogP contribution in [0.15, 0.2) is 4.99 Å². The molecule has 1 rings (SSSR count). The summed E-state index contributed by atoms with van der Waals surface area (Å²) in [5.74, 6) is 2.43. The highest BCUT2D eigenvalue weighted by Gasteiger charge is 2.23. The summed E-state index contributed by atoms with van der Waals surface area (Å²) >= 11 is 0. The molecule has 0 aliphatic carbocycles. The van der Waals surface area contributed by atoms with Gasteiger partial charge in [-0.15, -0.1) is 0 Å². The van der Waals surface area contributed by atoms with Crippen molar-refractivity contribution in [3.63, 3.8) is 0 Å². The number of rotatable bonds is 5. The van der Waals surface area contributed by atoms with Crippen molar-refractivity contribution in [3.8, 4) is 0 Å². The van der Waals surface area contributed by atoms with Gasteiger partial charge in [-0.3, -0.25) is 9.79 Å². The number of carbonyl (C=O) groups excluding carboxylic acids is 1. The molecule has 1 aliphatic rings. The number of nitrogens with zero attached hydrogens (tertiary/aromatic N) is 2. The van der Waals surface area contributed by atoms with Crippen molar-refractivity contribution in [1.29, 1.82) is 0 Å².